The molecule has 0 bridgehead atoms. The topological polar surface area (TPSA) is 42.2 Å². The molecule has 4 rings (SSSR count). The number of aromatic nitrogens is 3. The maximum atomic E-state index is 4.72. The molecular weight excluding hydrogens is 248 g/mol. The molecule has 0 unspecified atom stereocenters. The summed E-state index contributed by atoms with van der Waals surface area (Å²) in [6.45, 7) is 1.02. The zero-order valence-electron chi connectivity index (χ0n) is 11.2. The van der Waals surface area contributed by atoms with Gasteiger partial charge in [-0.15, -0.1) is 0 Å². The molecule has 1 aliphatic carbocycles. The summed E-state index contributed by atoms with van der Waals surface area (Å²) < 4.78 is 2.10. The van der Waals surface area contributed by atoms with Crippen LogP contribution in [0.25, 0.3) is 17.0 Å². The molecule has 0 amide bonds. The molecular formula is C16H16N4. The van der Waals surface area contributed by atoms with Gasteiger partial charge in [0, 0.05) is 18.9 Å². The minimum absolute atomic E-state index is 0.820. The second-order valence-electron chi connectivity index (χ2n) is 5.28. The van der Waals surface area contributed by atoms with Crippen molar-refractivity contribution >= 4 is 11.5 Å². The summed E-state index contributed by atoms with van der Waals surface area (Å²) in [5, 5.41) is 3.56. The Hall–Kier alpha value is -2.36. The van der Waals surface area contributed by atoms with E-state index < -0.39 is 0 Å². The van der Waals surface area contributed by atoms with E-state index in [2.05, 4.69) is 14.7 Å². The molecule has 4 nitrogen and oxygen atoms in total. The minimum atomic E-state index is 0.820. The number of imidazole rings is 1. The predicted molar refractivity (Wildman–Crippen MR) is 79.6 cm³/mol. The molecule has 1 saturated carbocycles. The molecule has 0 atom stereocenters. The lowest BCUT2D eigenvalue weighted by Gasteiger charge is -2.07. The lowest BCUT2D eigenvalue weighted by molar-refractivity contribution is 0.880. The first kappa shape index (κ1) is 11.5. The molecule has 0 radical (unpaired) electrons. The summed E-state index contributed by atoms with van der Waals surface area (Å²) in [4.78, 5) is 9.15. The van der Waals surface area contributed by atoms with Gasteiger partial charge in [0.2, 0.25) is 0 Å². The number of fused-ring (bicyclic) bond motifs is 1. The minimum Gasteiger partial charge on any atom is -0.369 e. The summed E-state index contributed by atoms with van der Waals surface area (Å²) >= 11 is 0. The highest BCUT2D eigenvalue weighted by atomic mass is 15.1. The van der Waals surface area contributed by atoms with Crippen molar-refractivity contribution in [2.45, 2.75) is 12.8 Å². The van der Waals surface area contributed by atoms with Crippen molar-refractivity contribution in [2.24, 2.45) is 5.92 Å². The normalized spacial score (nSPS) is 14.6. The first-order chi connectivity index (χ1) is 9.92. The molecule has 3 aromatic rings. The van der Waals surface area contributed by atoms with E-state index in [1.165, 1.54) is 12.8 Å². The van der Waals surface area contributed by atoms with Gasteiger partial charge in [0.25, 0.3) is 0 Å². The van der Waals surface area contributed by atoms with Crippen molar-refractivity contribution in [3.63, 3.8) is 0 Å². The fourth-order valence-electron chi connectivity index (χ4n) is 2.41. The Morgan fingerprint density at radius 1 is 1.15 bits per heavy atom. The molecule has 100 valence electrons. The maximum Gasteiger partial charge on any atom is 0.140 e. The summed E-state index contributed by atoms with van der Waals surface area (Å²) in [5.74, 6) is 1.87. The van der Waals surface area contributed by atoms with E-state index in [0.29, 0.717) is 0 Å². The van der Waals surface area contributed by atoms with Gasteiger partial charge in [0.15, 0.2) is 0 Å². The summed E-state index contributed by atoms with van der Waals surface area (Å²) in [7, 11) is 0. The van der Waals surface area contributed by atoms with E-state index in [9.17, 15) is 0 Å². The molecule has 4 heteroatoms. The number of nitrogens with one attached hydrogen (secondary N) is 1. The van der Waals surface area contributed by atoms with Crippen LogP contribution in [0.3, 0.4) is 0 Å². The summed E-state index contributed by atoms with van der Waals surface area (Å²) in [6.07, 6.45) is 6.53. The van der Waals surface area contributed by atoms with Crippen LogP contribution in [-0.4, -0.2) is 20.9 Å². The largest absolute Gasteiger partial charge is 0.369 e. The van der Waals surface area contributed by atoms with Gasteiger partial charge in [-0.2, -0.15) is 0 Å². The maximum absolute atomic E-state index is 4.72. The summed E-state index contributed by atoms with van der Waals surface area (Å²) in [5.41, 5.74) is 2.79. The lowest BCUT2D eigenvalue weighted by atomic mass is 10.2. The van der Waals surface area contributed by atoms with Gasteiger partial charge < -0.3 is 5.32 Å². The third-order valence-electron chi connectivity index (χ3n) is 3.69. The molecule has 1 N–H and O–H groups in total. The van der Waals surface area contributed by atoms with Crippen LogP contribution in [0.1, 0.15) is 12.8 Å². The monoisotopic (exact) mass is 264 g/mol. The number of pyridine rings is 2. The standard InChI is InChI=1S/C16H16N4/c1-3-9-17-13(5-1)15-16(18-11-12-7-8-12)20-10-4-2-6-14(20)19-15/h1-6,9-10,12,18H,7-8,11H2. The number of hydrogen-bond acceptors (Lipinski definition) is 3. The van der Waals surface area contributed by atoms with E-state index in [0.717, 1.165) is 35.3 Å². The molecule has 0 saturated heterocycles. The first-order valence-corrected chi connectivity index (χ1v) is 7.04. The van der Waals surface area contributed by atoms with E-state index in [4.69, 9.17) is 4.98 Å². The molecule has 0 aromatic carbocycles. The van der Waals surface area contributed by atoms with Gasteiger partial charge in [0.1, 0.15) is 17.2 Å². The molecule has 20 heavy (non-hydrogen) atoms. The van der Waals surface area contributed by atoms with Crippen molar-refractivity contribution in [1.29, 1.82) is 0 Å². The van der Waals surface area contributed by atoms with Gasteiger partial charge in [-0.1, -0.05) is 12.1 Å². The Balaban J connectivity index is 1.82. The van der Waals surface area contributed by atoms with Gasteiger partial charge >= 0.3 is 0 Å². The summed E-state index contributed by atoms with van der Waals surface area (Å²) in [6, 6.07) is 12.0. The van der Waals surface area contributed by atoms with Crippen molar-refractivity contribution < 1.29 is 0 Å². The van der Waals surface area contributed by atoms with Crippen LogP contribution in [0.5, 0.6) is 0 Å². The van der Waals surface area contributed by atoms with E-state index in [1.807, 2.05) is 48.8 Å². The Labute approximate surface area is 117 Å². The van der Waals surface area contributed by atoms with Gasteiger partial charge in [-0.25, -0.2) is 4.98 Å². The molecule has 1 fully saturated rings. The second kappa shape index (κ2) is 4.63. The number of rotatable bonds is 4. The van der Waals surface area contributed by atoms with E-state index in [1.54, 1.807) is 0 Å². The number of nitrogens with zero attached hydrogens (tertiary/aromatic N) is 3. The first-order valence-electron chi connectivity index (χ1n) is 7.04. The second-order valence-corrected chi connectivity index (χ2v) is 5.28. The van der Waals surface area contributed by atoms with Crippen LogP contribution in [0.15, 0.2) is 48.8 Å². The quantitative estimate of drug-likeness (QED) is 0.786. The van der Waals surface area contributed by atoms with Gasteiger partial charge in [-0.05, 0) is 43.0 Å². The molecule has 3 aromatic heterocycles. The van der Waals surface area contributed by atoms with Crippen LogP contribution in [-0.2, 0) is 0 Å². The van der Waals surface area contributed by atoms with E-state index in [-0.39, 0.29) is 0 Å². The molecule has 1 aliphatic rings. The average Bonchev–Trinajstić information content (AvgIpc) is 3.26. The van der Waals surface area contributed by atoms with Crippen molar-refractivity contribution in [2.75, 3.05) is 11.9 Å². The Morgan fingerprint density at radius 3 is 2.85 bits per heavy atom. The fourth-order valence-corrected chi connectivity index (χ4v) is 2.41. The van der Waals surface area contributed by atoms with Crippen LogP contribution < -0.4 is 5.32 Å². The smallest absolute Gasteiger partial charge is 0.140 e. The zero-order chi connectivity index (χ0) is 13.4. The third-order valence-corrected chi connectivity index (χ3v) is 3.69. The highest BCUT2D eigenvalue weighted by Gasteiger charge is 2.22. The zero-order valence-corrected chi connectivity index (χ0v) is 11.2. The molecule has 0 aliphatic heterocycles. The third kappa shape index (κ3) is 2.03. The molecule has 0 spiro atoms. The van der Waals surface area contributed by atoms with Crippen LogP contribution >= 0.6 is 0 Å². The highest BCUT2D eigenvalue weighted by molar-refractivity contribution is 5.74. The van der Waals surface area contributed by atoms with Gasteiger partial charge in [0.05, 0.1) is 5.69 Å². The number of hydrogen-bond donors (Lipinski definition) is 1. The lowest BCUT2D eigenvalue weighted by Crippen LogP contribution is -2.06. The van der Waals surface area contributed by atoms with Crippen LogP contribution in [0, 0.1) is 5.92 Å². The van der Waals surface area contributed by atoms with Crippen molar-refractivity contribution in [3.8, 4) is 11.4 Å². The molecule has 3 heterocycles. The van der Waals surface area contributed by atoms with Crippen molar-refractivity contribution in [3.05, 3.63) is 48.8 Å². The Kier molecular flexibility index (Phi) is 2.66. The number of anilines is 1. The highest BCUT2D eigenvalue weighted by Crippen LogP contribution is 2.31. The fraction of sp³-hybridized carbons (Fsp3) is 0.250. The average molecular weight is 264 g/mol. The Bertz CT molecular complexity index is 729. The Morgan fingerprint density at radius 2 is 2.05 bits per heavy atom. The van der Waals surface area contributed by atoms with Crippen LogP contribution in [0.4, 0.5) is 5.82 Å². The van der Waals surface area contributed by atoms with Crippen LogP contribution in [0.2, 0.25) is 0 Å². The SMILES string of the molecule is c1ccc(-c2nc3ccccn3c2NCC2CC2)nc1. The van der Waals surface area contributed by atoms with E-state index >= 15 is 0 Å². The van der Waals surface area contributed by atoms with Crippen molar-refractivity contribution in [1.82, 2.24) is 14.4 Å². The predicted octanol–water partition coefficient (Wildman–Crippen LogP) is 3.22. The van der Waals surface area contributed by atoms with Gasteiger partial charge in [-0.3, -0.25) is 9.38 Å².